The van der Waals surface area contributed by atoms with Crippen molar-refractivity contribution < 1.29 is 4.74 Å². The third-order valence-corrected chi connectivity index (χ3v) is 4.10. The van der Waals surface area contributed by atoms with E-state index in [1.807, 2.05) is 6.07 Å². The molecule has 0 radical (unpaired) electrons. The van der Waals surface area contributed by atoms with Gasteiger partial charge in [0.1, 0.15) is 6.10 Å². The van der Waals surface area contributed by atoms with Crippen LogP contribution >= 0.6 is 11.3 Å². The van der Waals surface area contributed by atoms with Crippen molar-refractivity contribution in [3.8, 4) is 0 Å². The molecule has 0 aliphatic heterocycles. The van der Waals surface area contributed by atoms with Crippen LogP contribution in [-0.2, 0) is 4.74 Å². The summed E-state index contributed by atoms with van der Waals surface area (Å²) in [7, 11) is 1.78. The van der Waals surface area contributed by atoms with E-state index in [-0.39, 0.29) is 12.1 Å². The number of methoxy groups -OCH3 is 1. The van der Waals surface area contributed by atoms with Crippen molar-refractivity contribution in [1.82, 2.24) is 5.32 Å². The Morgan fingerprint density at radius 1 is 1.16 bits per heavy atom. The van der Waals surface area contributed by atoms with Crippen LogP contribution in [0.25, 0.3) is 0 Å². The lowest BCUT2D eigenvalue weighted by molar-refractivity contribution is 0.0687. The minimum Gasteiger partial charge on any atom is -0.375 e. The van der Waals surface area contributed by atoms with E-state index < -0.39 is 0 Å². The van der Waals surface area contributed by atoms with Crippen LogP contribution in [0.4, 0.5) is 0 Å². The zero-order valence-electron chi connectivity index (χ0n) is 11.5. The summed E-state index contributed by atoms with van der Waals surface area (Å²) in [5.41, 5.74) is 1.21. The lowest BCUT2D eigenvalue weighted by Crippen LogP contribution is -2.28. The fraction of sp³-hybridized carbons (Fsp3) is 0.375. The quantitative estimate of drug-likeness (QED) is 0.818. The van der Waals surface area contributed by atoms with Crippen molar-refractivity contribution in [3.05, 3.63) is 58.3 Å². The molecule has 1 heterocycles. The molecule has 102 valence electrons. The van der Waals surface area contributed by atoms with Crippen LogP contribution in [0.15, 0.2) is 47.8 Å². The zero-order chi connectivity index (χ0) is 13.5. The van der Waals surface area contributed by atoms with Gasteiger partial charge in [-0.25, -0.2) is 0 Å². The molecule has 2 rings (SSSR count). The Balaban J connectivity index is 2.25. The summed E-state index contributed by atoms with van der Waals surface area (Å²) >= 11 is 1.78. The molecule has 0 fully saturated rings. The molecule has 0 spiro atoms. The zero-order valence-corrected chi connectivity index (χ0v) is 12.3. The molecule has 19 heavy (non-hydrogen) atoms. The van der Waals surface area contributed by atoms with E-state index >= 15 is 0 Å². The van der Waals surface area contributed by atoms with E-state index in [4.69, 9.17) is 4.74 Å². The van der Waals surface area contributed by atoms with Gasteiger partial charge in [-0.3, -0.25) is 0 Å². The molecule has 0 amide bonds. The van der Waals surface area contributed by atoms with Crippen LogP contribution in [0.5, 0.6) is 0 Å². The maximum atomic E-state index is 5.76. The van der Waals surface area contributed by atoms with Gasteiger partial charge in [0.25, 0.3) is 0 Å². The van der Waals surface area contributed by atoms with Crippen molar-refractivity contribution in [1.29, 1.82) is 0 Å². The third-order valence-electron chi connectivity index (χ3n) is 3.15. The molecular weight excluding hydrogens is 254 g/mol. The van der Waals surface area contributed by atoms with Gasteiger partial charge in [-0.15, -0.1) is 11.3 Å². The van der Waals surface area contributed by atoms with Gasteiger partial charge in [0.15, 0.2) is 0 Å². The van der Waals surface area contributed by atoms with Crippen molar-refractivity contribution >= 4 is 11.3 Å². The first-order valence-electron chi connectivity index (χ1n) is 6.71. The summed E-state index contributed by atoms with van der Waals surface area (Å²) in [6.07, 6.45) is 1.17. The minimum absolute atomic E-state index is 0.0476. The summed E-state index contributed by atoms with van der Waals surface area (Å²) < 4.78 is 5.76. The van der Waals surface area contributed by atoms with Gasteiger partial charge in [0.2, 0.25) is 0 Å². The van der Waals surface area contributed by atoms with Crippen molar-refractivity contribution in [2.24, 2.45) is 0 Å². The fourth-order valence-corrected chi connectivity index (χ4v) is 3.06. The van der Waals surface area contributed by atoms with Crippen LogP contribution in [0.1, 0.15) is 35.9 Å². The Morgan fingerprint density at radius 3 is 2.53 bits per heavy atom. The fourth-order valence-electron chi connectivity index (χ4n) is 2.23. The van der Waals surface area contributed by atoms with Crippen LogP contribution in [0.2, 0.25) is 0 Å². The number of benzene rings is 1. The van der Waals surface area contributed by atoms with E-state index in [0.717, 1.165) is 13.0 Å². The molecule has 0 aliphatic rings. The van der Waals surface area contributed by atoms with Crippen LogP contribution < -0.4 is 5.32 Å². The van der Waals surface area contributed by atoms with Crippen molar-refractivity contribution in [3.63, 3.8) is 0 Å². The van der Waals surface area contributed by atoms with Crippen LogP contribution in [0, 0.1) is 0 Å². The van der Waals surface area contributed by atoms with Gasteiger partial charge in [0, 0.05) is 12.0 Å². The molecule has 2 unspecified atom stereocenters. The van der Waals surface area contributed by atoms with Crippen LogP contribution in [0.3, 0.4) is 0 Å². The summed E-state index contributed by atoms with van der Waals surface area (Å²) in [6, 6.07) is 14.9. The SMILES string of the molecule is CCCNC(c1cccs1)C(OC)c1ccccc1. The lowest BCUT2D eigenvalue weighted by Gasteiger charge is -2.26. The third kappa shape index (κ3) is 3.66. The van der Waals surface area contributed by atoms with Gasteiger partial charge in [-0.2, -0.15) is 0 Å². The second kappa shape index (κ2) is 7.43. The number of hydrogen-bond donors (Lipinski definition) is 1. The normalized spacial score (nSPS) is 14.2. The lowest BCUT2D eigenvalue weighted by atomic mass is 10.0. The molecule has 1 aromatic carbocycles. The molecule has 0 saturated carbocycles. The Labute approximate surface area is 119 Å². The van der Waals surface area contributed by atoms with E-state index in [2.05, 4.69) is 54.0 Å². The average Bonchev–Trinajstić information content (AvgIpc) is 2.98. The van der Waals surface area contributed by atoms with Gasteiger partial charge < -0.3 is 10.1 Å². The second-order valence-corrected chi connectivity index (χ2v) is 5.49. The largest absolute Gasteiger partial charge is 0.375 e. The molecular formula is C16H21NOS. The average molecular weight is 275 g/mol. The van der Waals surface area contributed by atoms with E-state index in [9.17, 15) is 0 Å². The highest BCUT2D eigenvalue weighted by Crippen LogP contribution is 2.33. The minimum atomic E-state index is 0.0476. The first kappa shape index (κ1) is 14.3. The smallest absolute Gasteiger partial charge is 0.102 e. The predicted molar refractivity (Wildman–Crippen MR) is 81.5 cm³/mol. The molecule has 2 nitrogen and oxygen atoms in total. The summed E-state index contributed by atoms with van der Waals surface area (Å²) in [4.78, 5) is 1.32. The highest BCUT2D eigenvalue weighted by Gasteiger charge is 2.24. The van der Waals surface area contributed by atoms with Gasteiger partial charge in [-0.1, -0.05) is 43.3 Å². The monoisotopic (exact) mass is 275 g/mol. The number of hydrogen-bond acceptors (Lipinski definition) is 3. The molecule has 1 aromatic heterocycles. The Bertz CT molecular complexity index is 455. The number of ether oxygens (including phenoxy) is 1. The van der Waals surface area contributed by atoms with E-state index in [1.165, 1.54) is 10.4 Å². The Hall–Kier alpha value is -1.16. The van der Waals surface area contributed by atoms with Gasteiger partial charge >= 0.3 is 0 Å². The summed E-state index contributed by atoms with van der Waals surface area (Å²) in [6.45, 7) is 3.18. The Kier molecular flexibility index (Phi) is 5.58. The number of thiophene rings is 1. The van der Waals surface area contributed by atoms with E-state index in [0.29, 0.717) is 0 Å². The maximum Gasteiger partial charge on any atom is 0.102 e. The molecule has 2 aromatic rings. The Morgan fingerprint density at radius 2 is 1.95 bits per heavy atom. The first-order chi connectivity index (χ1) is 9.36. The van der Waals surface area contributed by atoms with Crippen molar-refractivity contribution in [2.45, 2.75) is 25.5 Å². The predicted octanol–water partition coefficient (Wildman–Crippen LogP) is 4.18. The number of rotatable bonds is 7. The maximum absolute atomic E-state index is 5.76. The topological polar surface area (TPSA) is 21.3 Å². The number of nitrogens with one attached hydrogen (secondary N) is 1. The molecule has 0 saturated heterocycles. The standard InChI is InChI=1S/C16H21NOS/c1-3-11-17-15(14-10-7-12-19-14)16(18-2)13-8-5-4-6-9-13/h4-10,12,15-17H,3,11H2,1-2H3. The molecule has 0 bridgehead atoms. The van der Waals surface area contributed by atoms with Crippen molar-refractivity contribution in [2.75, 3.05) is 13.7 Å². The van der Waals surface area contributed by atoms with Gasteiger partial charge in [-0.05, 0) is 30.0 Å². The summed E-state index contributed by atoms with van der Waals surface area (Å²) in [5, 5.41) is 5.73. The molecule has 1 N–H and O–H groups in total. The second-order valence-electron chi connectivity index (χ2n) is 4.51. The molecule has 2 atom stereocenters. The molecule has 3 heteroatoms. The van der Waals surface area contributed by atoms with Crippen LogP contribution in [-0.4, -0.2) is 13.7 Å². The summed E-state index contributed by atoms with van der Waals surface area (Å²) in [5.74, 6) is 0. The van der Waals surface area contributed by atoms with Gasteiger partial charge in [0.05, 0.1) is 6.04 Å². The highest BCUT2D eigenvalue weighted by atomic mass is 32.1. The highest BCUT2D eigenvalue weighted by molar-refractivity contribution is 7.10. The van der Waals surface area contributed by atoms with E-state index in [1.54, 1.807) is 18.4 Å². The molecule has 0 aliphatic carbocycles. The first-order valence-corrected chi connectivity index (χ1v) is 7.59.